The van der Waals surface area contributed by atoms with Gasteiger partial charge in [-0.3, -0.25) is 0 Å². The van der Waals surface area contributed by atoms with E-state index in [-0.39, 0.29) is 5.09 Å². The van der Waals surface area contributed by atoms with Crippen molar-refractivity contribution in [2.24, 2.45) is 5.92 Å². The first-order chi connectivity index (χ1) is 10.1. The van der Waals surface area contributed by atoms with Crippen LogP contribution in [0, 0.1) is 5.92 Å². The molecule has 0 aromatic carbocycles. The first-order valence-corrected chi connectivity index (χ1v) is 9.04. The Bertz CT molecular complexity index is 580. The van der Waals surface area contributed by atoms with E-state index in [1.165, 1.54) is 45.5 Å². The average molecular weight is 313 g/mol. The van der Waals surface area contributed by atoms with E-state index >= 15 is 0 Å². The first kappa shape index (κ1) is 15.0. The van der Waals surface area contributed by atoms with Crippen molar-refractivity contribution in [1.82, 2.24) is 14.9 Å². The third-order valence-corrected chi connectivity index (χ3v) is 5.57. The van der Waals surface area contributed by atoms with Gasteiger partial charge in [0.1, 0.15) is 5.76 Å². The van der Waals surface area contributed by atoms with Crippen LogP contribution >= 0.6 is 0 Å². The fourth-order valence-corrected chi connectivity index (χ4v) is 3.56. The Morgan fingerprint density at radius 3 is 2.86 bits per heavy atom. The largest absolute Gasteiger partial charge is 0.447 e. The van der Waals surface area contributed by atoms with Crippen LogP contribution in [0.3, 0.4) is 0 Å². The van der Waals surface area contributed by atoms with Gasteiger partial charge in [0.05, 0.1) is 6.54 Å². The maximum absolute atomic E-state index is 11.6. The molecule has 0 radical (unpaired) electrons. The van der Waals surface area contributed by atoms with E-state index in [2.05, 4.69) is 14.9 Å². The van der Waals surface area contributed by atoms with Crippen molar-refractivity contribution in [3.05, 3.63) is 17.9 Å². The molecule has 2 heterocycles. The molecule has 1 aliphatic carbocycles. The molecule has 0 bridgehead atoms. The molecule has 2 N–H and O–H groups in total. The summed E-state index contributed by atoms with van der Waals surface area (Å²) in [6.07, 6.45) is 3.99. The Hall–Kier alpha value is -0.890. The summed E-state index contributed by atoms with van der Waals surface area (Å²) in [4.78, 5) is 2.59. The molecule has 2 aliphatic rings. The SMILES string of the molecule is CNS(=O)(=O)c1ccc(CNCC2CCN(C3CC3)C2)o1. The minimum atomic E-state index is -3.48. The molecular weight excluding hydrogens is 290 g/mol. The molecule has 21 heavy (non-hydrogen) atoms. The van der Waals surface area contributed by atoms with Crippen molar-refractivity contribution in [3.8, 4) is 0 Å². The quantitative estimate of drug-likeness (QED) is 0.777. The van der Waals surface area contributed by atoms with Crippen LogP contribution in [0.25, 0.3) is 0 Å². The van der Waals surface area contributed by atoms with Crippen LogP contribution in [-0.2, 0) is 16.6 Å². The summed E-state index contributed by atoms with van der Waals surface area (Å²) in [7, 11) is -2.10. The highest BCUT2D eigenvalue weighted by atomic mass is 32.2. The zero-order valence-corrected chi connectivity index (χ0v) is 13.2. The summed E-state index contributed by atoms with van der Waals surface area (Å²) in [5.74, 6) is 1.35. The van der Waals surface area contributed by atoms with E-state index in [9.17, 15) is 8.42 Å². The zero-order valence-electron chi connectivity index (χ0n) is 12.3. The molecule has 0 amide bonds. The van der Waals surface area contributed by atoms with E-state index in [0.717, 1.165) is 12.6 Å². The molecule has 118 valence electrons. The van der Waals surface area contributed by atoms with E-state index in [0.29, 0.717) is 18.2 Å². The van der Waals surface area contributed by atoms with Crippen LogP contribution < -0.4 is 10.0 Å². The van der Waals surface area contributed by atoms with Gasteiger partial charge in [0.25, 0.3) is 10.0 Å². The number of hydrogen-bond acceptors (Lipinski definition) is 5. The van der Waals surface area contributed by atoms with Gasteiger partial charge in [-0.2, -0.15) is 0 Å². The van der Waals surface area contributed by atoms with Crippen molar-refractivity contribution < 1.29 is 12.8 Å². The Morgan fingerprint density at radius 1 is 1.33 bits per heavy atom. The van der Waals surface area contributed by atoms with Crippen LogP contribution in [0.1, 0.15) is 25.0 Å². The molecule has 1 aromatic heterocycles. The topological polar surface area (TPSA) is 74.6 Å². The van der Waals surface area contributed by atoms with Gasteiger partial charge in [-0.25, -0.2) is 13.1 Å². The molecule has 1 atom stereocenters. The first-order valence-electron chi connectivity index (χ1n) is 7.55. The third kappa shape index (κ3) is 3.66. The van der Waals surface area contributed by atoms with E-state index in [1.54, 1.807) is 6.07 Å². The number of hydrogen-bond donors (Lipinski definition) is 2. The Kier molecular flexibility index (Phi) is 4.35. The molecule has 0 spiro atoms. The number of likely N-dealkylation sites (tertiary alicyclic amines) is 1. The van der Waals surface area contributed by atoms with E-state index in [1.807, 2.05) is 0 Å². The van der Waals surface area contributed by atoms with Crippen LogP contribution in [0.5, 0.6) is 0 Å². The summed E-state index contributed by atoms with van der Waals surface area (Å²) >= 11 is 0. The van der Waals surface area contributed by atoms with Gasteiger partial charge in [0, 0.05) is 12.6 Å². The summed E-state index contributed by atoms with van der Waals surface area (Å²) in [5.41, 5.74) is 0. The number of rotatable bonds is 7. The van der Waals surface area contributed by atoms with Crippen LogP contribution in [-0.4, -0.2) is 46.0 Å². The van der Waals surface area contributed by atoms with Gasteiger partial charge in [-0.1, -0.05) is 0 Å². The highest BCUT2D eigenvalue weighted by Gasteiger charge is 2.34. The standard InChI is InChI=1S/C14H23N3O3S/c1-15-21(18,19)14-5-4-13(20-14)9-16-8-11-6-7-17(10-11)12-2-3-12/h4-5,11-12,15-16H,2-3,6-10H2,1H3. The zero-order chi connectivity index (χ0) is 14.9. The van der Waals surface area contributed by atoms with Crippen LogP contribution in [0.15, 0.2) is 21.6 Å². The molecule has 1 saturated heterocycles. The number of nitrogens with one attached hydrogen (secondary N) is 2. The smallest absolute Gasteiger partial charge is 0.273 e. The lowest BCUT2D eigenvalue weighted by Gasteiger charge is -2.14. The normalized spacial score (nSPS) is 23.8. The van der Waals surface area contributed by atoms with Gasteiger partial charge >= 0.3 is 0 Å². The molecule has 7 heteroatoms. The van der Waals surface area contributed by atoms with Crippen molar-refractivity contribution >= 4 is 10.0 Å². The van der Waals surface area contributed by atoms with Crippen molar-refractivity contribution in [2.45, 2.75) is 36.9 Å². The van der Waals surface area contributed by atoms with Crippen LogP contribution in [0.2, 0.25) is 0 Å². The molecule has 3 rings (SSSR count). The van der Waals surface area contributed by atoms with Gasteiger partial charge in [-0.05, 0) is 57.5 Å². The number of nitrogens with zero attached hydrogens (tertiary/aromatic N) is 1. The Labute approximate surface area is 125 Å². The second-order valence-electron chi connectivity index (χ2n) is 5.94. The van der Waals surface area contributed by atoms with Crippen molar-refractivity contribution in [2.75, 3.05) is 26.7 Å². The maximum atomic E-state index is 11.6. The van der Waals surface area contributed by atoms with Gasteiger partial charge < -0.3 is 14.6 Å². The highest BCUT2D eigenvalue weighted by molar-refractivity contribution is 7.89. The molecule has 1 unspecified atom stereocenters. The molecule has 1 aromatic rings. The monoisotopic (exact) mass is 313 g/mol. The molecule has 1 aliphatic heterocycles. The predicted molar refractivity (Wildman–Crippen MR) is 79.4 cm³/mol. The van der Waals surface area contributed by atoms with Gasteiger partial charge in [0.15, 0.2) is 0 Å². The molecular formula is C14H23N3O3S. The summed E-state index contributed by atoms with van der Waals surface area (Å²) in [5, 5.41) is 3.35. The lowest BCUT2D eigenvalue weighted by atomic mass is 10.1. The minimum Gasteiger partial charge on any atom is -0.447 e. The number of sulfonamides is 1. The average Bonchev–Trinajstić information content (AvgIpc) is 3.01. The lowest BCUT2D eigenvalue weighted by Crippen LogP contribution is -2.27. The molecule has 2 fully saturated rings. The Balaban J connectivity index is 1.43. The number of furan rings is 1. The van der Waals surface area contributed by atoms with Gasteiger partial charge in [-0.15, -0.1) is 0 Å². The second kappa shape index (κ2) is 6.08. The summed E-state index contributed by atoms with van der Waals surface area (Å²) in [6.45, 7) is 3.94. The molecule has 6 nitrogen and oxygen atoms in total. The summed E-state index contributed by atoms with van der Waals surface area (Å²) < 4.78 is 30.7. The Morgan fingerprint density at radius 2 is 2.14 bits per heavy atom. The van der Waals surface area contributed by atoms with Crippen LogP contribution in [0.4, 0.5) is 0 Å². The fourth-order valence-electron chi connectivity index (χ4n) is 2.90. The minimum absolute atomic E-state index is 0.0254. The fraction of sp³-hybridized carbons (Fsp3) is 0.714. The van der Waals surface area contributed by atoms with E-state index < -0.39 is 10.0 Å². The maximum Gasteiger partial charge on any atom is 0.273 e. The predicted octanol–water partition coefficient (Wildman–Crippen LogP) is 0.762. The second-order valence-corrected chi connectivity index (χ2v) is 7.76. The van der Waals surface area contributed by atoms with Gasteiger partial charge in [0.2, 0.25) is 5.09 Å². The molecule has 1 saturated carbocycles. The third-order valence-electron chi connectivity index (χ3n) is 4.28. The van der Waals surface area contributed by atoms with Crippen molar-refractivity contribution in [1.29, 1.82) is 0 Å². The lowest BCUT2D eigenvalue weighted by molar-refractivity contribution is 0.310. The van der Waals surface area contributed by atoms with E-state index in [4.69, 9.17) is 4.42 Å². The van der Waals surface area contributed by atoms with Crippen molar-refractivity contribution in [3.63, 3.8) is 0 Å². The highest BCUT2D eigenvalue weighted by Crippen LogP contribution is 2.31. The summed E-state index contributed by atoms with van der Waals surface area (Å²) in [6, 6.07) is 4.06.